The molecule has 1 aromatic rings. The minimum Gasteiger partial charge on any atom is -0.465 e. The van der Waals surface area contributed by atoms with E-state index in [2.05, 4.69) is 20.7 Å². The van der Waals surface area contributed by atoms with E-state index in [1.54, 1.807) is 6.92 Å². The van der Waals surface area contributed by atoms with E-state index in [1.807, 2.05) is 0 Å². The van der Waals surface area contributed by atoms with Crippen molar-refractivity contribution >= 4 is 31.7 Å². The Labute approximate surface area is 125 Å². The van der Waals surface area contributed by atoms with E-state index in [0.29, 0.717) is 12.1 Å². The Morgan fingerprint density at radius 3 is 2.55 bits per heavy atom. The van der Waals surface area contributed by atoms with Gasteiger partial charge in [0.2, 0.25) is 0 Å². The van der Waals surface area contributed by atoms with Crippen molar-refractivity contribution in [3.63, 3.8) is 0 Å². The van der Waals surface area contributed by atoms with Crippen LogP contribution in [0.15, 0.2) is 15.3 Å². The second kappa shape index (κ2) is 6.53. The van der Waals surface area contributed by atoms with Crippen LogP contribution in [-0.4, -0.2) is 38.1 Å². The minimum absolute atomic E-state index is 0.0149. The molecule has 0 saturated carbocycles. The SMILES string of the molecule is COC(=O)c1cc(Br)c(=O)n(CCCS(C)(=O)=O)c1C. The highest BCUT2D eigenvalue weighted by Crippen LogP contribution is 2.14. The Morgan fingerprint density at radius 1 is 1.45 bits per heavy atom. The number of methoxy groups -OCH3 is 1. The summed E-state index contributed by atoms with van der Waals surface area (Å²) in [6.45, 7) is 1.85. The zero-order chi connectivity index (χ0) is 15.5. The molecule has 0 N–H and O–H groups in total. The van der Waals surface area contributed by atoms with Crippen LogP contribution in [0, 0.1) is 6.92 Å². The van der Waals surface area contributed by atoms with Crippen molar-refractivity contribution in [2.75, 3.05) is 19.1 Å². The Kier molecular flexibility index (Phi) is 5.52. The van der Waals surface area contributed by atoms with Gasteiger partial charge in [0.15, 0.2) is 0 Å². The number of esters is 1. The third kappa shape index (κ3) is 4.17. The molecule has 0 saturated heterocycles. The van der Waals surface area contributed by atoms with Gasteiger partial charge >= 0.3 is 5.97 Å². The quantitative estimate of drug-likeness (QED) is 0.730. The molecule has 1 heterocycles. The predicted molar refractivity (Wildman–Crippen MR) is 78.8 cm³/mol. The van der Waals surface area contributed by atoms with Crippen LogP contribution in [0.5, 0.6) is 0 Å². The van der Waals surface area contributed by atoms with Crippen LogP contribution in [0.25, 0.3) is 0 Å². The lowest BCUT2D eigenvalue weighted by molar-refractivity contribution is 0.0598. The van der Waals surface area contributed by atoms with Gasteiger partial charge in [-0.05, 0) is 35.3 Å². The smallest absolute Gasteiger partial charge is 0.339 e. The van der Waals surface area contributed by atoms with E-state index in [9.17, 15) is 18.0 Å². The van der Waals surface area contributed by atoms with Crippen LogP contribution in [0.1, 0.15) is 22.5 Å². The van der Waals surface area contributed by atoms with Crippen molar-refractivity contribution in [3.05, 3.63) is 32.2 Å². The molecule has 0 spiro atoms. The number of rotatable bonds is 5. The van der Waals surface area contributed by atoms with Gasteiger partial charge < -0.3 is 9.30 Å². The number of hydrogen-bond acceptors (Lipinski definition) is 5. The highest BCUT2D eigenvalue weighted by atomic mass is 79.9. The molecule has 0 aromatic carbocycles. The van der Waals surface area contributed by atoms with E-state index in [4.69, 9.17) is 0 Å². The van der Waals surface area contributed by atoms with Gasteiger partial charge in [-0.3, -0.25) is 4.79 Å². The van der Waals surface area contributed by atoms with Crippen molar-refractivity contribution in [1.29, 1.82) is 0 Å². The lowest BCUT2D eigenvalue weighted by Gasteiger charge is -2.13. The monoisotopic (exact) mass is 365 g/mol. The summed E-state index contributed by atoms with van der Waals surface area (Å²) < 4.78 is 28.5. The summed E-state index contributed by atoms with van der Waals surface area (Å²) in [5.74, 6) is -0.557. The van der Waals surface area contributed by atoms with Gasteiger partial charge in [0.1, 0.15) is 9.84 Å². The van der Waals surface area contributed by atoms with Gasteiger partial charge in [0.25, 0.3) is 5.56 Å². The molecule has 1 aromatic heterocycles. The highest BCUT2D eigenvalue weighted by molar-refractivity contribution is 9.10. The van der Waals surface area contributed by atoms with E-state index in [0.717, 1.165) is 6.26 Å². The molecule has 0 aliphatic carbocycles. The summed E-state index contributed by atoms with van der Waals surface area (Å²) in [5, 5.41) is 0. The van der Waals surface area contributed by atoms with Crippen LogP contribution in [0.2, 0.25) is 0 Å². The van der Waals surface area contributed by atoms with Gasteiger partial charge in [-0.2, -0.15) is 0 Å². The van der Waals surface area contributed by atoms with E-state index < -0.39 is 15.8 Å². The Bertz CT molecular complexity index is 678. The molecular formula is C12H16BrNO5S. The second-order valence-electron chi connectivity index (χ2n) is 4.42. The molecule has 6 nitrogen and oxygen atoms in total. The molecule has 8 heteroatoms. The number of ether oxygens (including phenoxy) is 1. The maximum Gasteiger partial charge on any atom is 0.339 e. The van der Waals surface area contributed by atoms with E-state index in [-0.39, 0.29) is 27.9 Å². The van der Waals surface area contributed by atoms with Crippen molar-refractivity contribution in [2.45, 2.75) is 19.9 Å². The summed E-state index contributed by atoms with van der Waals surface area (Å²) in [6.07, 6.45) is 1.44. The van der Waals surface area contributed by atoms with Gasteiger partial charge in [-0.15, -0.1) is 0 Å². The fraction of sp³-hybridized carbons (Fsp3) is 0.500. The van der Waals surface area contributed by atoms with Gasteiger partial charge in [-0.1, -0.05) is 0 Å². The maximum atomic E-state index is 12.0. The summed E-state index contributed by atoms with van der Waals surface area (Å²) in [6, 6.07) is 1.41. The number of halogens is 1. The average Bonchev–Trinajstić information content (AvgIpc) is 2.35. The van der Waals surface area contributed by atoms with E-state index >= 15 is 0 Å². The third-order valence-electron chi connectivity index (χ3n) is 2.82. The third-order valence-corrected chi connectivity index (χ3v) is 4.42. The van der Waals surface area contributed by atoms with Crippen LogP contribution in [-0.2, 0) is 21.1 Å². The molecule has 0 aliphatic heterocycles. The largest absolute Gasteiger partial charge is 0.465 e. The first kappa shape index (κ1) is 16.9. The fourth-order valence-corrected chi connectivity index (χ4v) is 2.89. The molecule has 0 radical (unpaired) electrons. The maximum absolute atomic E-state index is 12.0. The first-order valence-corrected chi connectivity index (χ1v) is 8.68. The Morgan fingerprint density at radius 2 is 2.05 bits per heavy atom. The lowest BCUT2D eigenvalue weighted by Crippen LogP contribution is -2.26. The van der Waals surface area contributed by atoms with Crippen LogP contribution < -0.4 is 5.56 Å². The zero-order valence-electron chi connectivity index (χ0n) is 11.5. The molecule has 0 aliphatic rings. The lowest BCUT2D eigenvalue weighted by atomic mass is 10.2. The van der Waals surface area contributed by atoms with Crippen LogP contribution in [0.4, 0.5) is 0 Å². The topological polar surface area (TPSA) is 82.4 Å². The molecule has 0 unspecified atom stereocenters. The number of carbonyl (C=O) groups is 1. The zero-order valence-corrected chi connectivity index (χ0v) is 13.9. The number of pyridine rings is 1. The number of aromatic nitrogens is 1. The molecule has 112 valence electrons. The Balaban J connectivity index is 3.15. The van der Waals surface area contributed by atoms with Crippen molar-refractivity contribution < 1.29 is 17.9 Å². The number of sulfone groups is 1. The molecule has 20 heavy (non-hydrogen) atoms. The summed E-state index contributed by atoms with van der Waals surface area (Å²) in [4.78, 5) is 23.7. The molecule has 0 fully saturated rings. The van der Waals surface area contributed by atoms with Crippen molar-refractivity contribution in [1.82, 2.24) is 4.57 Å². The first-order valence-electron chi connectivity index (χ1n) is 5.83. The van der Waals surface area contributed by atoms with Crippen molar-refractivity contribution in [3.8, 4) is 0 Å². The van der Waals surface area contributed by atoms with Crippen LogP contribution in [0.3, 0.4) is 0 Å². The van der Waals surface area contributed by atoms with E-state index in [1.165, 1.54) is 17.7 Å². The summed E-state index contributed by atoms with van der Waals surface area (Å²) in [5.41, 5.74) is 0.431. The fourth-order valence-electron chi connectivity index (χ4n) is 1.79. The highest BCUT2D eigenvalue weighted by Gasteiger charge is 2.16. The normalized spacial score (nSPS) is 11.4. The number of nitrogens with zero attached hydrogens (tertiary/aromatic N) is 1. The number of hydrogen-bond donors (Lipinski definition) is 0. The minimum atomic E-state index is -3.08. The standard InChI is InChI=1S/C12H16BrNO5S/c1-8-9(12(16)19-2)7-10(13)11(15)14(8)5-4-6-20(3,17)18/h7H,4-6H2,1-3H3. The average molecular weight is 366 g/mol. The predicted octanol–water partition coefficient (Wildman–Crippen LogP) is 1.14. The summed E-state index contributed by atoms with van der Waals surface area (Å²) in [7, 11) is -1.82. The molecule has 0 atom stereocenters. The Hall–Kier alpha value is -1.15. The summed E-state index contributed by atoms with van der Waals surface area (Å²) >= 11 is 3.10. The van der Waals surface area contributed by atoms with Gasteiger partial charge in [-0.25, -0.2) is 13.2 Å². The van der Waals surface area contributed by atoms with Gasteiger partial charge in [0.05, 0.1) is 22.9 Å². The number of carbonyl (C=O) groups excluding carboxylic acids is 1. The molecule has 1 rings (SSSR count). The molecular weight excluding hydrogens is 350 g/mol. The molecule has 0 amide bonds. The second-order valence-corrected chi connectivity index (χ2v) is 7.54. The molecule has 0 bridgehead atoms. The first-order chi connectivity index (χ1) is 9.17. The van der Waals surface area contributed by atoms with Crippen LogP contribution >= 0.6 is 15.9 Å². The van der Waals surface area contributed by atoms with Crippen molar-refractivity contribution in [2.24, 2.45) is 0 Å². The van der Waals surface area contributed by atoms with Gasteiger partial charge in [0, 0.05) is 18.5 Å².